The smallest absolute Gasteiger partial charge is 0.283 e. The molecule has 1 aromatic carbocycles. The number of nitrogens with zero attached hydrogens (tertiary/aromatic N) is 1. The van der Waals surface area contributed by atoms with E-state index in [4.69, 9.17) is 17.9 Å². The van der Waals surface area contributed by atoms with Gasteiger partial charge >= 0.3 is 0 Å². The lowest BCUT2D eigenvalue weighted by Gasteiger charge is -2.48. The molecule has 2 N–H and O–H groups in total. The highest BCUT2D eigenvalue weighted by Gasteiger charge is 2.62. The average molecular weight is 395 g/mol. The van der Waals surface area contributed by atoms with Crippen molar-refractivity contribution in [2.45, 2.75) is 50.7 Å². The van der Waals surface area contributed by atoms with Gasteiger partial charge in [-0.1, -0.05) is 35.3 Å². The molecule has 4 nitrogen and oxygen atoms in total. The van der Waals surface area contributed by atoms with E-state index < -0.39 is 12.1 Å². The highest BCUT2D eigenvalue weighted by atomic mass is 79.9. The third-order valence-electron chi connectivity index (χ3n) is 6.25. The third-order valence-corrected chi connectivity index (χ3v) is 6.75. The van der Waals surface area contributed by atoms with E-state index in [2.05, 4.69) is 33.9 Å². The molecule has 1 heterocycles. The van der Waals surface area contributed by atoms with Crippen LogP contribution in [0.25, 0.3) is 0 Å². The number of hydrogen-bond donors (Lipinski definition) is 1. The van der Waals surface area contributed by atoms with Crippen LogP contribution >= 0.6 is 15.9 Å². The zero-order valence-electron chi connectivity index (χ0n) is 16.1. The SMILES string of the molecule is [2H]C1([2H])OC(N)=N[C@]12c1cc(Br)ccc1C[C@]21CC[C@@H](OC)[C@H](CC)C1. The van der Waals surface area contributed by atoms with Crippen LogP contribution in [0.15, 0.2) is 27.7 Å². The molecule has 0 bridgehead atoms. The predicted molar refractivity (Wildman–Crippen MR) is 98.0 cm³/mol. The van der Waals surface area contributed by atoms with Crippen molar-refractivity contribution in [1.82, 2.24) is 0 Å². The van der Waals surface area contributed by atoms with Gasteiger partial charge in [-0.3, -0.25) is 0 Å². The van der Waals surface area contributed by atoms with Crippen LogP contribution < -0.4 is 5.73 Å². The maximum absolute atomic E-state index is 8.75. The van der Waals surface area contributed by atoms with Crippen molar-refractivity contribution >= 4 is 22.0 Å². The van der Waals surface area contributed by atoms with E-state index in [1.54, 1.807) is 7.11 Å². The topological polar surface area (TPSA) is 56.8 Å². The summed E-state index contributed by atoms with van der Waals surface area (Å²) in [6.07, 6.45) is 4.61. The monoisotopic (exact) mass is 394 g/mol. The highest BCUT2D eigenvalue weighted by Crippen LogP contribution is 2.62. The van der Waals surface area contributed by atoms with Gasteiger partial charge in [0.05, 0.1) is 8.85 Å². The number of nitrogens with two attached hydrogens (primary N) is 1. The van der Waals surface area contributed by atoms with E-state index in [0.29, 0.717) is 5.92 Å². The first kappa shape index (κ1) is 14.1. The van der Waals surface area contributed by atoms with Crippen LogP contribution in [0.4, 0.5) is 0 Å². The minimum absolute atomic E-state index is 0.0517. The summed E-state index contributed by atoms with van der Waals surface area (Å²) in [5.74, 6) is 0.371. The van der Waals surface area contributed by atoms with Crippen molar-refractivity contribution in [3.63, 3.8) is 0 Å². The highest BCUT2D eigenvalue weighted by molar-refractivity contribution is 9.10. The van der Waals surface area contributed by atoms with E-state index in [1.165, 1.54) is 0 Å². The predicted octanol–water partition coefficient (Wildman–Crippen LogP) is 3.76. The average Bonchev–Trinajstić information content (AvgIpc) is 3.00. The van der Waals surface area contributed by atoms with Crippen LogP contribution in [0, 0.1) is 11.3 Å². The standard InChI is InChI=1S/C19H25BrN2O2/c1-3-12-9-18(7-6-16(12)23-2)10-13-4-5-14(20)8-15(13)19(18)11-24-17(21)22-19/h4-5,8,12,16H,3,6-7,9-11H2,1-2H3,(H2,21,22)/t12-,16-,18-,19+/m1/s1/i11D2. The molecule has 0 radical (unpaired) electrons. The van der Waals surface area contributed by atoms with Gasteiger partial charge < -0.3 is 15.2 Å². The Morgan fingerprint density at radius 2 is 2.38 bits per heavy atom. The lowest BCUT2D eigenvalue weighted by Crippen LogP contribution is -2.49. The number of hydrogen-bond acceptors (Lipinski definition) is 4. The number of rotatable bonds is 2. The van der Waals surface area contributed by atoms with Crippen molar-refractivity contribution in [1.29, 1.82) is 0 Å². The van der Waals surface area contributed by atoms with Crippen LogP contribution in [0.2, 0.25) is 0 Å². The molecular weight excluding hydrogens is 368 g/mol. The molecule has 0 unspecified atom stereocenters. The summed E-state index contributed by atoms with van der Waals surface area (Å²) < 4.78 is 29.6. The minimum atomic E-state index is -1.97. The molecule has 1 aromatic rings. The molecule has 2 aliphatic carbocycles. The fraction of sp³-hybridized carbons (Fsp3) is 0.632. The first-order valence-electron chi connectivity index (χ1n) is 9.64. The number of amidine groups is 1. The Balaban J connectivity index is 1.91. The molecule has 0 saturated heterocycles. The summed E-state index contributed by atoms with van der Waals surface area (Å²) in [5, 5.41) is 0. The zero-order valence-corrected chi connectivity index (χ0v) is 15.7. The summed E-state index contributed by atoms with van der Waals surface area (Å²) in [4.78, 5) is 4.69. The number of fused-ring (bicyclic) bond motifs is 3. The minimum Gasteiger partial charge on any atom is -0.462 e. The van der Waals surface area contributed by atoms with E-state index >= 15 is 0 Å². The number of methoxy groups -OCH3 is 1. The van der Waals surface area contributed by atoms with Crippen LogP contribution in [-0.2, 0) is 21.4 Å². The van der Waals surface area contributed by atoms with Gasteiger partial charge in [0.2, 0.25) is 0 Å². The second-order valence-corrected chi connectivity index (χ2v) is 8.22. The van der Waals surface area contributed by atoms with E-state index in [-0.39, 0.29) is 17.5 Å². The fourth-order valence-corrected chi connectivity index (χ4v) is 5.45. The summed E-state index contributed by atoms with van der Waals surface area (Å²) in [6.45, 7) is 0.208. The molecule has 1 saturated carbocycles. The Labute approximate surface area is 154 Å². The van der Waals surface area contributed by atoms with Crippen LogP contribution in [0.1, 0.15) is 46.5 Å². The Bertz CT molecular complexity index is 772. The molecule has 0 amide bonds. The molecule has 130 valence electrons. The first-order chi connectivity index (χ1) is 12.3. The summed E-state index contributed by atoms with van der Waals surface area (Å²) in [7, 11) is 1.77. The molecule has 1 fully saturated rings. The largest absolute Gasteiger partial charge is 0.462 e. The van der Waals surface area contributed by atoms with Crippen LogP contribution in [0.3, 0.4) is 0 Å². The fourth-order valence-electron chi connectivity index (χ4n) is 5.09. The quantitative estimate of drug-likeness (QED) is 0.830. The molecule has 4 atom stereocenters. The number of ether oxygens (including phenoxy) is 2. The lowest BCUT2D eigenvalue weighted by molar-refractivity contribution is -0.0514. The first-order valence-corrected chi connectivity index (χ1v) is 9.44. The molecule has 3 aliphatic rings. The second-order valence-electron chi connectivity index (χ2n) is 7.31. The molecule has 5 heteroatoms. The Kier molecular flexibility index (Phi) is 3.38. The Morgan fingerprint density at radius 3 is 3.04 bits per heavy atom. The third kappa shape index (κ3) is 2.17. The number of aliphatic imine (C=N–C) groups is 1. The second kappa shape index (κ2) is 5.73. The van der Waals surface area contributed by atoms with Gasteiger partial charge in [-0.15, -0.1) is 0 Å². The van der Waals surface area contributed by atoms with Crippen LogP contribution in [0.5, 0.6) is 0 Å². The van der Waals surface area contributed by atoms with Crippen molar-refractivity contribution in [3.8, 4) is 0 Å². The molecular formula is C19H25BrN2O2. The van der Waals surface area contributed by atoms with E-state index in [9.17, 15) is 0 Å². The van der Waals surface area contributed by atoms with Gasteiger partial charge in [0.25, 0.3) is 6.02 Å². The van der Waals surface area contributed by atoms with Gasteiger partial charge in [-0.25, -0.2) is 4.99 Å². The van der Waals surface area contributed by atoms with E-state index in [1.807, 2.05) is 12.1 Å². The molecule has 1 aliphatic heterocycles. The summed E-state index contributed by atoms with van der Waals surface area (Å²) in [6, 6.07) is 6.04. The normalized spacial score (nSPS) is 40.9. The number of benzene rings is 1. The molecule has 0 aromatic heterocycles. The molecule has 24 heavy (non-hydrogen) atoms. The Hall–Kier alpha value is -1.07. The van der Waals surface area contributed by atoms with Gasteiger partial charge in [0, 0.05) is 17.0 Å². The number of halogens is 1. The zero-order chi connectivity index (χ0) is 18.7. The molecule has 2 spiro atoms. The van der Waals surface area contributed by atoms with Crippen molar-refractivity contribution in [2.75, 3.05) is 13.7 Å². The Morgan fingerprint density at radius 1 is 1.54 bits per heavy atom. The van der Waals surface area contributed by atoms with Crippen molar-refractivity contribution < 1.29 is 12.2 Å². The summed E-state index contributed by atoms with van der Waals surface area (Å²) in [5.41, 5.74) is 6.52. The van der Waals surface area contributed by atoms with Crippen LogP contribution in [-0.4, -0.2) is 25.8 Å². The van der Waals surface area contributed by atoms with Gasteiger partial charge in [0.15, 0.2) is 0 Å². The van der Waals surface area contributed by atoms with Crippen molar-refractivity contribution in [2.24, 2.45) is 22.1 Å². The maximum Gasteiger partial charge on any atom is 0.283 e. The van der Waals surface area contributed by atoms with Crippen molar-refractivity contribution in [3.05, 3.63) is 33.8 Å². The molecule has 4 rings (SSSR count). The summed E-state index contributed by atoms with van der Waals surface area (Å²) >= 11 is 3.54. The van der Waals surface area contributed by atoms with Gasteiger partial charge in [0.1, 0.15) is 12.1 Å². The lowest BCUT2D eigenvalue weighted by atomic mass is 9.59. The maximum atomic E-state index is 8.75. The van der Waals surface area contributed by atoms with E-state index in [0.717, 1.165) is 47.7 Å². The van der Waals surface area contributed by atoms with Gasteiger partial charge in [-0.2, -0.15) is 0 Å². The van der Waals surface area contributed by atoms with Gasteiger partial charge in [-0.05, 0) is 54.9 Å².